The molecule has 2 amide bonds. The highest BCUT2D eigenvalue weighted by molar-refractivity contribution is 8.01. The molecule has 10 nitrogen and oxygen atoms in total. The normalized spacial score (nSPS) is 17.6. The first kappa shape index (κ1) is 35.2. The fraction of sp³-hybridized carbons (Fsp3) is 0.225. The Hall–Kier alpha value is -5.17. The van der Waals surface area contributed by atoms with E-state index in [2.05, 4.69) is 46.8 Å². The average Bonchev–Trinajstić information content (AvgIpc) is 3.67. The maximum absolute atomic E-state index is 13.2. The van der Waals surface area contributed by atoms with Crippen molar-refractivity contribution in [2.24, 2.45) is 5.73 Å². The second kappa shape index (κ2) is 15.6. The lowest BCUT2D eigenvalue weighted by Crippen LogP contribution is -2.71. The maximum atomic E-state index is 13.2. The number of aryl methyl sites for hydroxylation is 1. The number of aliphatic carboxylic acids is 1. The van der Waals surface area contributed by atoms with Crippen molar-refractivity contribution < 1.29 is 19.5 Å². The van der Waals surface area contributed by atoms with Crippen LogP contribution in [0.25, 0.3) is 0 Å². The highest BCUT2D eigenvalue weighted by Gasteiger charge is 2.54. The van der Waals surface area contributed by atoms with Gasteiger partial charge in [-0.1, -0.05) is 127 Å². The molecule has 0 saturated carbocycles. The van der Waals surface area contributed by atoms with Gasteiger partial charge in [0.2, 0.25) is 5.91 Å². The van der Waals surface area contributed by atoms with Crippen molar-refractivity contribution in [1.82, 2.24) is 25.2 Å². The Kier molecular flexibility index (Phi) is 10.6. The van der Waals surface area contributed by atoms with Crippen LogP contribution in [-0.2, 0) is 26.3 Å². The van der Waals surface area contributed by atoms with Gasteiger partial charge < -0.3 is 16.2 Å². The molecule has 0 radical (unpaired) electrons. The summed E-state index contributed by atoms with van der Waals surface area (Å²) in [7, 11) is 0. The van der Waals surface area contributed by atoms with Crippen molar-refractivity contribution in [2.45, 2.75) is 35.8 Å². The van der Waals surface area contributed by atoms with Gasteiger partial charge in [-0.25, -0.2) is 9.48 Å². The van der Waals surface area contributed by atoms with Gasteiger partial charge in [-0.3, -0.25) is 14.5 Å². The Morgan fingerprint density at radius 2 is 1.46 bits per heavy atom. The van der Waals surface area contributed by atoms with Crippen LogP contribution in [0, 0.1) is 0 Å². The van der Waals surface area contributed by atoms with E-state index in [9.17, 15) is 19.5 Å². The first-order valence-electron chi connectivity index (χ1n) is 17.1. The fourth-order valence-electron chi connectivity index (χ4n) is 6.91. The van der Waals surface area contributed by atoms with Crippen LogP contribution in [0.3, 0.4) is 0 Å². The number of hydrogen-bond donors (Lipinski definition) is 3. The molecule has 3 atom stereocenters. The van der Waals surface area contributed by atoms with Crippen molar-refractivity contribution in [1.29, 1.82) is 0 Å². The van der Waals surface area contributed by atoms with E-state index in [4.69, 9.17) is 10.9 Å². The van der Waals surface area contributed by atoms with Crippen molar-refractivity contribution in [3.05, 3.63) is 167 Å². The number of hydrogen-bond acceptors (Lipinski definition) is 8. The second-order valence-corrected chi connectivity index (χ2v) is 14.9. The van der Waals surface area contributed by atoms with Gasteiger partial charge in [0.05, 0.1) is 11.9 Å². The zero-order chi connectivity index (χ0) is 36.1. The molecule has 3 heterocycles. The van der Waals surface area contributed by atoms with E-state index in [1.807, 2.05) is 71.5 Å². The summed E-state index contributed by atoms with van der Waals surface area (Å²) in [4.78, 5) is 39.7. The van der Waals surface area contributed by atoms with Crippen LogP contribution in [0.1, 0.15) is 40.4 Å². The number of rotatable bonds is 14. The van der Waals surface area contributed by atoms with Gasteiger partial charge in [-0.05, 0) is 46.4 Å². The second-order valence-electron chi connectivity index (χ2n) is 12.7. The van der Waals surface area contributed by atoms with Gasteiger partial charge >= 0.3 is 5.97 Å². The van der Waals surface area contributed by atoms with Crippen molar-refractivity contribution >= 4 is 41.3 Å². The monoisotopic (exact) mass is 730 g/mol. The fourth-order valence-corrected chi connectivity index (χ4v) is 9.36. The molecule has 2 aliphatic rings. The van der Waals surface area contributed by atoms with E-state index in [0.717, 1.165) is 34.6 Å². The van der Waals surface area contributed by atoms with Crippen LogP contribution in [0.2, 0.25) is 0 Å². The molecule has 2 aliphatic heterocycles. The minimum atomic E-state index is -1.14. The lowest BCUT2D eigenvalue weighted by Gasteiger charge is -2.49. The number of carbonyl (C=O) groups excluding carboxylic acids is 2. The minimum absolute atomic E-state index is 0.0149. The van der Waals surface area contributed by atoms with Crippen LogP contribution in [0.15, 0.2) is 139 Å². The maximum Gasteiger partial charge on any atom is 0.352 e. The molecule has 0 unspecified atom stereocenters. The standard InChI is InChI=1S/C40H38N6O4S2/c41-33(27-14-5-1-6-15-27)36(47)42-34-37(48)46-35(39(49)50)28(26-52-38(34)46)25-51-23-13-22-32-24-45(44-43-32)40(29-16-7-2-8-17-29,30-18-9-3-10-19-30)31-20-11-4-12-21-31/h1-12,14-21,24,33-34,38H,13,22-23,25-26,41H2,(H,42,47)(H,49,50)/t33-,34-,38-/m1/s1. The van der Waals surface area contributed by atoms with Crippen molar-refractivity contribution in [2.75, 3.05) is 17.3 Å². The molecule has 52 heavy (non-hydrogen) atoms. The number of β-lactam (4-membered cyclic amide) rings is 1. The SMILES string of the molecule is N[C@@H](C(=O)N[C@@H]1C(=O)N2C(C(=O)O)=C(CSCCCc3cn(C(c4ccccc4)(c4ccccc4)c4ccccc4)nn3)CS[C@H]12)c1ccccc1. The number of carboxylic acid groups (broad SMARTS) is 1. The summed E-state index contributed by atoms with van der Waals surface area (Å²) in [5.74, 6) is -0.357. The van der Waals surface area contributed by atoms with E-state index in [-0.39, 0.29) is 5.70 Å². The first-order valence-corrected chi connectivity index (χ1v) is 19.3. The van der Waals surface area contributed by atoms with Gasteiger partial charge in [-0.2, -0.15) is 11.8 Å². The number of thioether (sulfide) groups is 2. The number of fused-ring (bicyclic) bond motifs is 1. The van der Waals surface area contributed by atoms with E-state index in [0.29, 0.717) is 29.1 Å². The molecular weight excluding hydrogens is 693 g/mol. The molecule has 4 N–H and O–H groups in total. The highest BCUT2D eigenvalue weighted by Crippen LogP contribution is 2.42. The Labute approximate surface area is 310 Å². The van der Waals surface area contributed by atoms with Crippen LogP contribution >= 0.6 is 23.5 Å². The largest absolute Gasteiger partial charge is 0.477 e. The first-order chi connectivity index (χ1) is 25.4. The van der Waals surface area contributed by atoms with E-state index < -0.39 is 40.8 Å². The van der Waals surface area contributed by atoms with Crippen LogP contribution in [0.5, 0.6) is 0 Å². The topological polar surface area (TPSA) is 143 Å². The van der Waals surface area contributed by atoms with Crippen LogP contribution in [0.4, 0.5) is 0 Å². The number of carbonyl (C=O) groups is 3. The molecule has 7 rings (SSSR count). The summed E-state index contributed by atoms with van der Waals surface area (Å²) in [6.07, 6.45) is 3.53. The van der Waals surface area contributed by atoms with Crippen molar-refractivity contribution in [3.63, 3.8) is 0 Å². The molecule has 5 aromatic rings. The average molecular weight is 731 g/mol. The molecule has 0 aliphatic carbocycles. The molecule has 1 fully saturated rings. The summed E-state index contributed by atoms with van der Waals surface area (Å²) in [5, 5.41) is 21.7. The Bertz CT molecular complexity index is 1960. The predicted octanol–water partition coefficient (Wildman–Crippen LogP) is 5.22. The van der Waals surface area contributed by atoms with E-state index >= 15 is 0 Å². The Morgan fingerprint density at radius 1 is 0.904 bits per heavy atom. The summed E-state index contributed by atoms with van der Waals surface area (Å²) >= 11 is 3.09. The smallest absolute Gasteiger partial charge is 0.352 e. The highest BCUT2D eigenvalue weighted by atomic mass is 32.2. The molecular formula is C40H38N6O4S2. The summed E-state index contributed by atoms with van der Waals surface area (Å²) < 4.78 is 1.96. The van der Waals surface area contributed by atoms with E-state index in [1.54, 1.807) is 36.0 Å². The number of benzene rings is 4. The number of aromatic nitrogens is 3. The third-order valence-corrected chi connectivity index (χ3v) is 11.9. The molecule has 4 aromatic carbocycles. The third kappa shape index (κ3) is 6.76. The zero-order valence-electron chi connectivity index (χ0n) is 28.2. The molecule has 264 valence electrons. The quantitative estimate of drug-likeness (QED) is 0.0796. The summed E-state index contributed by atoms with van der Waals surface area (Å²) in [5.41, 5.74) is 10.8. The zero-order valence-corrected chi connectivity index (χ0v) is 29.9. The van der Waals surface area contributed by atoms with Gasteiger partial charge in [0, 0.05) is 11.5 Å². The summed E-state index contributed by atoms with van der Waals surface area (Å²) in [6.45, 7) is 0. The number of nitrogens with one attached hydrogen (secondary N) is 1. The number of carboxylic acids is 1. The predicted molar refractivity (Wildman–Crippen MR) is 203 cm³/mol. The van der Waals surface area contributed by atoms with Gasteiger partial charge in [0.15, 0.2) is 0 Å². The summed E-state index contributed by atoms with van der Waals surface area (Å²) in [6, 6.07) is 38.2. The van der Waals surface area contributed by atoms with Gasteiger partial charge in [0.25, 0.3) is 5.91 Å². The third-order valence-electron chi connectivity index (χ3n) is 9.45. The van der Waals surface area contributed by atoms with Crippen LogP contribution in [-0.4, -0.2) is 71.5 Å². The van der Waals surface area contributed by atoms with Gasteiger partial charge in [-0.15, -0.1) is 16.9 Å². The molecule has 0 spiro atoms. The molecule has 12 heteroatoms. The molecule has 0 bridgehead atoms. The lowest BCUT2D eigenvalue weighted by atomic mass is 9.77. The number of amides is 2. The Balaban J connectivity index is 1.00. The van der Waals surface area contributed by atoms with E-state index in [1.165, 1.54) is 16.7 Å². The molecule has 1 saturated heterocycles. The number of nitrogens with two attached hydrogens (primary N) is 1. The van der Waals surface area contributed by atoms with Crippen LogP contribution < -0.4 is 11.1 Å². The lowest BCUT2D eigenvalue weighted by molar-refractivity contribution is -0.150. The molecule has 1 aromatic heterocycles. The Morgan fingerprint density at radius 3 is 2.02 bits per heavy atom. The number of nitrogens with zero attached hydrogens (tertiary/aromatic N) is 4. The minimum Gasteiger partial charge on any atom is -0.477 e. The van der Waals surface area contributed by atoms with Crippen molar-refractivity contribution in [3.8, 4) is 0 Å². The van der Waals surface area contributed by atoms with Gasteiger partial charge in [0.1, 0.15) is 28.7 Å².